The molecular formula is C24H21BrClFN4O. The molecule has 0 spiro atoms. The summed E-state index contributed by atoms with van der Waals surface area (Å²) in [7, 11) is 0. The lowest BCUT2D eigenvalue weighted by atomic mass is 10.1. The summed E-state index contributed by atoms with van der Waals surface area (Å²) >= 11 is 9.37. The second-order valence-corrected chi connectivity index (χ2v) is 8.93. The number of fused-ring (bicyclic) bond motifs is 1. The van der Waals surface area contributed by atoms with Gasteiger partial charge in [-0.2, -0.15) is 0 Å². The Balaban J connectivity index is 1.50. The largest absolute Gasteiger partial charge is 0.350 e. The van der Waals surface area contributed by atoms with Crippen molar-refractivity contribution in [3.8, 4) is 0 Å². The van der Waals surface area contributed by atoms with Crippen molar-refractivity contribution in [1.29, 1.82) is 0 Å². The Bertz CT molecular complexity index is 1240. The lowest BCUT2D eigenvalue weighted by molar-refractivity contribution is -0.121. The number of rotatable bonds is 7. The molecule has 2 heterocycles. The van der Waals surface area contributed by atoms with Crippen LogP contribution in [0.1, 0.15) is 36.3 Å². The molecule has 2 aromatic carbocycles. The van der Waals surface area contributed by atoms with Crippen molar-refractivity contribution in [2.75, 3.05) is 0 Å². The van der Waals surface area contributed by atoms with Gasteiger partial charge < -0.3 is 9.88 Å². The topological polar surface area (TPSA) is 59.8 Å². The maximum absolute atomic E-state index is 13.3. The van der Waals surface area contributed by atoms with Crippen molar-refractivity contribution in [3.63, 3.8) is 0 Å². The van der Waals surface area contributed by atoms with Crippen LogP contribution in [-0.4, -0.2) is 20.4 Å². The molecule has 0 bridgehead atoms. The number of amides is 1. The standard InChI is InChI=1S/C24H21BrClFN4O/c1-15(17-4-6-19(26)7-5-17)29-23(32)11-10-22-30-21-12-18(25)13-28-24(21)31(22)14-16-2-8-20(27)9-3-16/h2-9,12-13,15H,10-11,14H2,1H3,(H,29,32)/t15-/m0/s1. The number of nitrogens with one attached hydrogen (secondary N) is 1. The van der Waals surface area contributed by atoms with Gasteiger partial charge in [0.2, 0.25) is 5.91 Å². The van der Waals surface area contributed by atoms with Gasteiger partial charge in [0.1, 0.15) is 17.2 Å². The van der Waals surface area contributed by atoms with Gasteiger partial charge in [0, 0.05) is 28.5 Å². The SMILES string of the molecule is C[C@H](NC(=O)CCc1nc2cc(Br)cnc2n1Cc1ccc(F)cc1)c1ccc(Cl)cc1. The second-order valence-electron chi connectivity index (χ2n) is 7.58. The molecular weight excluding hydrogens is 495 g/mol. The van der Waals surface area contributed by atoms with Crippen LogP contribution in [0.25, 0.3) is 11.2 Å². The van der Waals surface area contributed by atoms with E-state index in [1.54, 1.807) is 18.3 Å². The number of nitrogens with zero attached hydrogens (tertiary/aromatic N) is 3. The number of carbonyl (C=O) groups is 1. The molecule has 4 aromatic rings. The van der Waals surface area contributed by atoms with Gasteiger partial charge in [0.05, 0.1) is 12.6 Å². The Labute approximate surface area is 198 Å². The highest BCUT2D eigenvalue weighted by Gasteiger charge is 2.16. The first-order chi connectivity index (χ1) is 15.4. The first kappa shape index (κ1) is 22.4. The summed E-state index contributed by atoms with van der Waals surface area (Å²) in [6.07, 6.45) is 2.45. The van der Waals surface area contributed by atoms with Gasteiger partial charge in [-0.25, -0.2) is 14.4 Å². The molecule has 0 saturated heterocycles. The molecule has 1 N–H and O–H groups in total. The van der Waals surface area contributed by atoms with Crippen LogP contribution in [0.5, 0.6) is 0 Å². The molecule has 164 valence electrons. The zero-order valence-corrected chi connectivity index (χ0v) is 19.7. The minimum atomic E-state index is -0.280. The van der Waals surface area contributed by atoms with Gasteiger partial charge in [-0.05, 0) is 64.3 Å². The fourth-order valence-corrected chi connectivity index (χ4v) is 3.98. The number of hydrogen-bond donors (Lipinski definition) is 1. The highest BCUT2D eigenvalue weighted by Crippen LogP contribution is 2.21. The average Bonchev–Trinajstić information content (AvgIpc) is 3.10. The summed E-state index contributed by atoms with van der Waals surface area (Å²) in [5.41, 5.74) is 3.38. The fourth-order valence-electron chi connectivity index (χ4n) is 3.54. The molecule has 0 aliphatic rings. The minimum Gasteiger partial charge on any atom is -0.350 e. The summed E-state index contributed by atoms with van der Waals surface area (Å²) in [5.74, 6) is 0.407. The van der Waals surface area contributed by atoms with Gasteiger partial charge in [-0.3, -0.25) is 4.79 Å². The maximum Gasteiger partial charge on any atom is 0.220 e. The van der Waals surface area contributed by atoms with Crippen LogP contribution in [0.4, 0.5) is 4.39 Å². The fraction of sp³-hybridized carbons (Fsp3) is 0.208. The third-order valence-corrected chi connectivity index (χ3v) is 5.89. The molecule has 1 atom stereocenters. The zero-order chi connectivity index (χ0) is 22.7. The van der Waals surface area contributed by atoms with Crippen molar-refractivity contribution in [1.82, 2.24) is 19.9 Å². The lowest BCUT2D eigenvalue weighted by Crippen LogP contribution is -2.27. The van der Waals surface area contributed by atoms with Crippen LogP contribution >= 0.6 is 27.5 Å². The van der Waals surface area contributed by atoms with Crippen LogP contribution < -0.4 is 5.32 Å². The quantitative estimate of drug-likeness (QED) is 0.336. The summed E-state index contributed by atoms with van der Waals surface area (Å²) in [6, 6.07) is 15.5. The summed E-state index contributed by atoms with van der Waals surface area (Å²) in [5, 5.41) is 3.68. The van der Waals surface area contributed by atoms with E-state index in [0.29, 0.717) is 18.0 Å². The first-order valence-corrected chi connectivity index (χ1v) is 11.4. The monoisotopic (exact) mass is 514 g/mol. The molecule has 0 aliphatic heterocycles. The molecule has 0 radical (unpaired) electrons. The third-order valence-electron chi connectivity index (χ3n) is 5.21. The van der Waals surface area contributed by atoms with E-state index in [-0.39, 0.29) is 24.2 Å². The molecule has 5 nitrogen and oxygen atoms in total. The molecule has 0 unspecified atom stereocenters. The number of pyridine rings is 1. The van der Waals surface area contributed by atoms with E-state index in [2.05, 4.69) is 26.2 Å². The van der Waals surface area contributed by atoms with Gasteiger partial charge in [0.15, 0.2) is 5.65 Å². The number of aryl methyl sites for hydroxylation is 1. The number of benzene rings is 2. The summed E-state index contributed by atoms with van der Waals surface area (Å²) < 4.78 is 16.1. The molecule has 32 heavy (non-hydrogen) atoms. The number of hydrogen-bond acceptors (Lipinski definition) is 3. The highest BCUT2D eigenvalue weighted by atomic mass is 79.9. The number of imidazole rings is 1. The highest BCUT2D eigenvalue weighted by molar-refractivity contribution is 9.10. The zero-order valence-electron chi connectivity index (χ0n) is 17.4. The minimum absolute atomic E-state index is 0.0676. The van der Waals surface area contributed by atoms with Crippen molar-refractivity contribution < 1.29 is 9.18 Å². The predicted octanol–water partition coefficient (Wildman–Crippen LogP) is 5.84. The van der Waals surface area contributed by atoms with Gasteiger partial charge in [-0.15, -0.1) is 0 Å². The Morgan fingerprint density at radius 2 is 1.91 bits per heavy atom. The van der Waals surface area contributed by atoms with E-state index in [9.17, 15) is 9.18 Å². The van der Waals surface area contributed by atoms with Crippen LogP contribution in [0, 0.1) is 5.82 Å². The molecule has 0 saturated carbocycles. The van der Waals surface area contributed by atoms with Crippen LogP contribution in [0.15, 0.2) is 65.3 Å². The maximum atomic E-state index is 13.3. The summed E-state index contributed by atoms with van der Waals surface area (Å²) in [4.78, 5) is 21.8. The molecule has 8 heteroatoms. The van der Waals surface area contributed by atoms with E-state index in [1.807, 2.05) is 41.8 Å². The molecule has 4 rings (SSSR count). The summed E-state index contributed by atoms with van der Waals surface area (Å²) in [6.45, 7) is 2.43. The molecule has 0 aliphatic carbocycles. The Morgan fingerprint density at radius 1 is 1.19 bits per heavy atom. The Hall–Kier alpha value is -2.77. The number of halogens is 3. The van der Waals surface area contributed by atoms with Crippen LogP contribution in [0.3, 0.4) is 0 Å². The second kappa shape index (κ2) is 9.79. The normalized spacial score (nSPS) is 12.1. The van der Waals surface area contributed by atoms with Crippen LogP contribution in [-0.2, 0) is 17.8 Å². The third kappa shape index (κ3) is 5.34. The number of aromatic nitrogens is 3. The Kier molecular flexibility index (Phi) is 6.86. The van der Waals surface area contributed by atoms with Gasteiger partial charge in [0.25, 0.3) is 0 Å². The van der Waals surface area contributed by atoms with Crippen molar-refractivity contribution in [2.45, 2.75) is 32.4 Å². The van der Waals surface area contributed by atoms with E-state index >= 15 is 0 Å². The Morgan fingerprint density at radius 3 is 2.62 bits per heavy atom. The van der Waals surface area contributed by atoms with Crippen molar-refractivity contribution in [2.24, 2.45) is 0 Å². The first-order valence-electron chi connectivity index (χ1n) is 10.2. The van der Waals surface area contributed by atoms with Gasteiger partial charge >= 0.3 is 0 Å². The molecule has 0 fully saturated rings. The van der Waals surface area contributed by atoms with E-state index in [4.69, 9.17) is 16.6 Å². The predicted molar refractivity (Wildman–Crippen MR) is 127 cm³/mol. The van der Waals surface area contributed by atoms with Gasteiger partial charge in [-0.1, -0.05) is 35.9 Å². The van der Waals surface area contributed by atoms with Crippen molar-refractivity contribution in [3.05, 3.63) is 93.1 Å². The van der Waals surface area contributed by atoms with Crippen LogP contribution in [0.2, 0.25) is 5.02 Å². The molecule has 1 amide bonds. The van der Waals surface area contributed by atoms with E-state index in [1.165, 1.54) is 12.1 Å². The average molecular weight is 516 g/mol. The van der Waals surface area contributed by atoms with Crippen molar-refractivity contribution >= 4 is 44.6 Å². The smallest absolute Gasteiger partial charge is 0.220 e. The van der Waals surface area contributed by atoms with E-state index < -0.39 is 0 Å². The molecule has 2 aromatic heterocycles. The lowest BCUT2D eigenvalue weighted by Gasteiger charge is -2.15. The number of carbonyl (C=O) groups excluding carboxylic acids is 1. The van der Waals surface area contributed by atoms with E-state index in [0.717, 1.165) is 32.6 Å².